The molecule has 1 aromatic rings. The van der Waals surface area contributed by atoms with Crippen molar-refractivity contribution in [1.29, 1.82) is 0 Å². The highest BCUT2D eigenvalue weighted by atomic mass is 32.2. The van der Waals surface area contributed by atoms with Gasteiger partial charge in [-0.15, -0.1) is 0 Å². The molecule has 1 heterocycles. The minimum atomic E-state index is 0.408. The molecule has 0 aromatic heterocycles. The summed E-state index contributed by atoms with van der Waals surface area (Å²) < 4.78 is 5.64. The van der Waals surface area contributed by atoms with Gasteiger partial charge in [-0.1, -0.05) is 36.8 Å². The summed E-state index contributed by atoms with van der Waals surface area (Å²) in [4.78, 5) is 0. The lowest BCUT2D eigenvalue weighted by Gasteiger charge is -2.21. The zero-order chi connectivity index (χ0) is 13.7. The van der Waals surface area contributed by atoms with Gasteiger partial charge in [0.2, 0.25) is 0 Å². The lowest BCUT2D eigenvalue weighted by atomic mass is 10.1. The Kier molecular flexibility index (Phi) is 5.74. The Hall–Kier alpha value is -0.510. The standard InChI is InChI=1S/C16H25NOS/c1-4-17-15(14-7-5-12(2)6-8-14)11-19-16-9-10-18-13(16)3/h5-8,13,15-17H,4,9-11H2,1-3H3. The van der Waals surface area contributed by atoms with E-state index in [0.717, 1.165) is 18.9 Å². The third-order valence-electron chi connectivity index (χ3n) is 3.71. The second kappa shape index (κ2) is 7.32. The van der Waals surface area contributed by atoms with E-state index < -0.39 is 0 Å². The maximum absolute atomic E-state index is 5.64. The Morgan fingerprint density at radius 2 is 2.11 bits per heavy atom. The van der Waals surface area contributed by atoms with Gasteiger partial charge in [-0.2, -0.15) is 11.8 Å². The molecule has 1 N–H and O–H groups in total. The van der Waals surface area contributed by atoms with E-state index in [1.165, 1.54) is 17.5 Å². The van der Waals surface area contributed by atoms with Crippen molar-refractivity contribution in [2.45, 2.75) is 44.6 Å². The first kappa shape index (κ1) is 14.9. The van der Waals surface area contributed by atoms with Crippen LogP contribution in [0, 0.1) is 6.92 Å². The predicted octanol–water partition coefficient (Wildman–Crippen LogP) is 3.56. The largest absolute Gasteiger partial charge is 0.377 e. The lowest BCUT2D eigenvalue weighted by molar-refractivity contribution is 0.127. The fourth-order valence-electron chi connectivity index (χ4n) is 2.47. The second-order valence-electron chi connectivity index (χ2n) is 5.26. The average molecular weight is 279 g/mol. The van der Waals surface area contributed by atoms with Crippen LogP contribution in [0.5, 0.6) is 0 Å². The van der Waals surface area contributed by atoms with Crippen LogP contribution in [-0.4, -0.2) is 30.3 Å². The molecule has 0 saturated carbocycles. The van der Waals surface area contributed by atoms with Gasteiger partial charge in [0.15, 0.2) is 0 Å². The molecule has 2 nitrogen and oxygen atoms in total. The first-order chi connectivity index (χ1) is 9.20. The highest BCUT2D eigenvalue weighted by Gasteiger charge is 2.25. The van der Waals surface area contributed by atoms with E-state index in [4.69, 9.17) is 4.74 Å². The van der Waals surface area contributed by atoms with Crippen molar-refractivity contribution in [1.82, 2.24) is 5.32 Å². The summed E-state index contributed by atoms with van der Waals surface area (Å²) in [7, 11) is 0. The van der Waals surface area contributed by atoms with Gasteiger partial charge in [-0.05, 0) is 32.4 Å². The van der Waals surface area contributed by atoms with Gasteiger partial charge in [-0.25, -0.2) is 0 Å². The maximum Gasteiger partial charge on any atom is 0.0666 e. The smallest absolute Gasteiger partial charge is 0.0666 e. The van der Waals surface area contributed by atoms with Crippen LogP contribution in [0.15, 0.2) is 24.3 Å². The zero-order valence-electron chi connectivity index (χ0n) is 12.2. The molecule has 19 heavy (non-hydrogen) atoms. The summed E-state index contributed by atoms with van der Waals surface area (Å²) in [6.45, 7) is 8.44. The number of ether oxygens (including phenoxy) is 1. The second-order valence-corrected chi connectivity index (χ2v) is 6.53. The van der Waals surface area contributed by atoms with Crippen LogP contribution in [0.2, 0.25) is 0 Å². The van der Waals surface area contributed by atoms with Crippen molar-refractivity contribution in [3.05, 3.63) is 35.4 Å². The summed E-state index contributed by atoms with van der Waals surface area (Å²) in [5.74, 6) is 1.12. The van der Waals surface area contributed by atoms with Gasteiger partial charge in [0, 0.05) is 23.7 Å². The van der Waals surface area contributed by atoms with E-state index in [2.05, 4.69) is 62.1 Å². The van der Waals surface area contributed by atoms with Crippen LogP contribution in [-0.2, 0) is 4.74 Å². The monoisotopic (exact) mass is 279 g/mol. The fraction of sp³-hybridized carbons (Fsp3) is 0.625. The van der Waals surface area contributed by atoms with Gasteiger partial charge in [-0.3, -0.25) is 0 Å². The average Bonchev–Trinajstić information content (AvgIpc) is 2.81. The Morgan fingerprint density at radius 1 is 1.37 bits per heavy atom. The Labute approximate surface area is 121 Å². The molecule has 3 atom stereocenters. The molecule has 1 aliphatic heterocycles. The third-order valence-corrected chi connectivity index (χ3v) is 5.29. The highest BCUT2D eigenvalue weighted by molar-refractivity contribution is 8.00. The number of nitrogens with one attached hydrogen (secondary N) is 1. The summed E-state index contributed by atoms with van der Waals surface area (Å²) in [6.07, 6.45) is 1.60. The molecule has 0 aliphatic carbocycles. The molecular formula is C16H25NOS. The van der Waals surface area contributed by atoms with Crippen molar-refractivity contribution >= 4 is 11.8 Å². The molecule has 0 spiro atoms. The van der Waals surface area contributed by atoms with Crippen molar-refractivity contribution < 1.29 is 4.74 Å². The summed E-state index contributed by atoms with van der Waals surface area (Å²) in [6, 6.07) is 9.34. The lowest BCUT2D eigenvalue weighted by Crippen LogP contribution is -2.25. The predicted molar refractivity (Wildman–Crippen MR) is 83.9 cm³/mol. The van der Waals surface area contributed by atoms with E-state index in [1.807, 2.05) is 0 Å². The number of benzene rings is 1. The van der Waals surface area contributed by atoms with Crippen molar-refractivity contribution in [2.75, 3.05) is 18.9 Å². The van der Waals surface area contributed by atoms with Crippen LogP contribution >= 0.6 is 11.8 Å². The minimum Gasteiger partial charge on any atom is -0.377 e. The fourth-order valence-corrected chi connectivity index (χ4v) is 3.83. The topological polar surface area (TPSA) is 21.3 Å². The van der Waals surface area contributed by atoms with Crippen LogP contribution < -0.4 is 5.32 Å². The van der Waals surface area contributed by atoms with Crippen molar-refractivity contribution in [3.63, 3.8) is 0 Å². The number of thioether (sulfide) groups is 1. The number of hydrogen-bond acceptors (Lipinski definition) is 3. The molecule has 0 amide bonds. The van der Waals surface area contributed by atoms with Gasteiger partial charge in [0.25, 0.3) is 0 Å². The normalized spacial score (nSPS) is 24.6. The van der Waals surface area contributed by atoms with E-state index in [1.54, 1.807) is 0 Å². The van der Waals surface area contributed by atoms with E-state index in [-0.39, 0.29) is 0 Å². The first-order valence-corrected chi connectivity index (χ1v) is 8.28. The van der Waals surface area contributed by atoms with E-state index in [9.17, 15) is 0 Å². The van der Waals surface area contributed by atoms with Crippen LogP contribution in [0.1, 0.15) is 37.4 Å². The van der Waals surface area contributed by atoms with Crippen LogP contribution in [0.25, 0.3) is 0 Å². The number of aryl methyl sites for hydroxylation is 1. The molecule has 3 heteroatoms. The van der Waals surface area contributed by atoms with Gasteiger partial charge in [0.05, 0.1) is 6.10 Å². The van der Waals surface area contributed by atoms with Crippen molar-refractivity contribution in [2.24, 2.45) is 0 Å². The maximum atomic E-state index is 5.64. The minimum absolute atomic E-state index is 0.408. The molecular weight excluding hydrogens is 254 g/mol. The molecule has 3 unspecified atom stereocenters. The summed E-state index contributed by atoms with van der Waals surface area (Å²) >= 11 is 2.05. The Bertz CT molecular complexity index is 379. The molecule has 1 saturated heterocycles. The SMILES string of the molecule is CCNC(CSC1CCOC1C)c1ccc(C)cc1. The zero-order valence-corrected chi connectivity index (χ0v) is 13.0. The third kappa shape index (κ3) is 4.23. The summed E-state index contributed by atoms with van der Waals surface area (Å²) in [5.41, 5.74) is 2.72. The Morgan fingerprint density at radius 3 is 2.68 bits per heavy atom. The van der Waals surface area contributed by atoms with E-state index >= 15 is 0 Å². The first-order valence-electron chi connectivity index (χ1n) is 7.24. The van der Waals surface area contributed by atoms with Gasteiger partial charge < -0.3 is 10.1 Å². The van der Waals surface area contributed by atoms with Gasteiger partial charge >= 0.3 is 0 Å². The molecule has 1 aromatic carbocycles. The Balaban J connectivity index is 1.93. The molecule has 0 bridgehead atoms. The number of hydrogen-bond donors (Lipinski definition) is 1. The molecule has 1 aliphatic rings. The van der Waals surface area contributed by atoms with Crippen molar-refractivity contribution in [3.8, 4) is 0 Å². The summed E-state index contributed by atoms with van der Waals surface area (Å²) in [5, 5.41) is 4.25. The number of rotatable bonds is 6. The molecule has 1 fully saturated rings. The molecule has 2 rings (SSSR count). The van der Waals surface area contributed by atoms with E-state index in [0.29, 0.717) is 17.4 Å². The molecule has 0 radical (unpaired) electrons. The van der Waals surface area contributed by atoms with Crippen LogP contribution in [0.3, 0.4) is 0 Å². The van der Waals surface area contributed by atoms with Gasteiger partial charge in [0.1, 0.15) is 0 Å². The molecule has 106 valence electrons. The van der Waals surface area contributed by atoms with Crippen LogP contribution in [0.4, 0.5) is 0 Å². The highest BCUT2D eigenvalue weighted by Crippen LogP contribution is 2.29. The quantitative estimate of drug-likeness (QED) is 0.860.